The Hall–Kier alpha value is -4.83. The molecule has 3 aromatic carbocycles. The van der Waals surface area contributed by atoms with Gasteiger partial charge in [0, 0.05) is 23.5 Å². The van der Waals surface area contributed by atoms with Gasteiger partial charge in [-0.15, -0.1) is 0 Å². The fraction of sp³-hybridized carbons (Fsp3) is 0.425. The molecule has 266 valence electrons. The number of imide groups is 1. The van der Waals surface area contributed by atoms with Gasteiger partial charge in [-0.25, -0.2) is 14.5 Å². The molecule has 10 heteroatoms. The number of hydrogen-bond donors (Lipinski definition) is 2. The Morgan fingerprint density at radius 3 is 2.12 bits per heavy atom. The van der Waals surface area contributed by atoms with Gasteiger partial charge < -0.3 is 15.2 Å². The molecule has 0 bridgehead atoms. The maximum Gasteiger partial charge on any atom is 0.417 e. The molecule has 10 nitrogen and oxygen atoms in total. The molecule has 0 spiro atoms. The molecular weight excluding hydrogens is 632 g/mol. The number of amides is 3. The number of para-hydroxylation sites is 1. The highest BCUT2D eigenvalue weighted by Crippen LogP contribution is 2.32. The smallest absolute Gasteiger partial charge is 0.417 e. The van der Waals surface area contributed by atoms with Crippen LogP contribution in [-0.4, -0.2) is 76.8 Å². The van der Waals surface area contributed by atoms with Crippen LogP contribution in [0, 0.1) is 11.8 Å². The molecule has 0 radical (unpaired) electrons. The number of aliphatic imine (C=N–C) groups is 1. The van der Waals surface area contributed by atoms with E-state index in [2.05, 4.69) is 24.1 Å². The van der Waals surface area contributed by atoms with Crippen LogP contribution in [0.1, 0.15) is 82.5 Å². The fourth-order valence-corrected chi connectivity index (χ4v) is 6.22. The molecule has 1 fully saturated rings. The van der Waals surface area contributed by atoms with Crippen molar-refractivity contribution in [1.29, 1.82) is 0 Å². The van der Waals surface area contributed by atoms with Crippen molar-refractivity contribution < 1.29 is 29.0 Å². The summed E-state index contributed by atoms with van der Waals surface area (Å²) in [7, 11) is 0. The summed E-state index contributed by atoms with van der Waals surface area (Å²) in [6, 6.07) is 23.7. The summed E-state index contributed by atoms with van der Waals surface area (Å²) >= 11 is 0. The predicted octanol–water partition coefficient (Wildman–Crippen LogP) is 7.20. The first-order valence-electron chi connectivity index (χ1n) is 17.7. The van der Waals surface area contributed by atoms with Gasteiger partial charge >= 0.3 is 12.1 Å². The zero-order valence-electron chi connectivity index (χ0n) is 29.6. The van der Waals surface area contributed by atoms with Crippen LogP contribution in [0.25, 0.3) is 0 Å². The van der Waals surface area contributed by atoms with Gasteiger partial charge in [-0.3, -0.25) is 19.5 Å². The minimum absolute atomic E-state index is 0.0249. The quantitative estimate of drug-likeness (QED) is 0.136. The van der Waals surface area contributed by atoms with E-state index < -0.39 is 36.0 Å². The number of anilines is 1. The Labute approximate surface area is 295 Å². The van der Waals surface area contributed by atoms with Crippen LogP contribution in [0.15, 0.2) is 89.9 Å². The number of carboxylic acids is 1. The van der Waals surface area contributed by atoms with Gasteiger partial charge in [0.1, 0.15) is 12.6 Å². The second-order valence-corrected chi connectivity index (χ2v) is 13.1. The summed E-state index contributed by atoms with van der Waals surface area (Å²) in [5, 5.41) is 13.7. The van der Waals surface area contributed by atoms with E-state index in [1.807, 2.05) is 92.7 Å². The first-order chi connectivity index (χ1) is 24.1. The number of carboxylic acid groups (broad SMARTS) is 1. The van der Waals surface area contributed by atoms with E-state index in [-0.39, 0.29) is 31.4 Å². The van der Waals surface area contributed by atoms with Crippen molar-refractivity contribution >= 4 is 35.3 Å². The van der Waals surface area contributed by atoms with Crippen LogP contribution in [0.4, 0.5) is 10.5 Å². The lowest BCUT2D eigenvalue weighted by Crippen LogP contribution is -2.40. The highest BCUT2D eigenvalue weighted by atomic mass is 16.6. The van der Waals surface area contributed by atoms with Gasteiger partial charge in [-0.2, -0.15) is 0 Å². The number of rotatable bonds is 18. The van der Waals surface area contributed by atoms with Gasteiger partial charge in [0.25, 0.3) is 0 Å². The molecule has 0 aliphatic carbocycles. The highest BCUT2D eigenvalue weighted by Gasteiger charge is 2.42. The van der Waals surface area contributed by atoms with Crippen molar-refractivity contribution in [2.24, 2.45) is 16.8 Å². The van der Waals surface area contributed by atoms with Crippen molar-refractivity contribution in [2.75, 3.05) is 31.6 Å². The summed E-state index contributed by atoms with van der Waals surface area (Å²) < 4.78 is 5.28. The number of carbonyl (C=O) groups is 4. The summed E-state index contributed by atoms with van der Waals surface area (Å²) in [4.78, 5) is 61.3. The van der Waals surface area contributed by atoms with Gasteiger partial charge in [0.15, 0.2) is 6.04 Å². The largest absolute Gasteiger partial charge is 0.480 e. The number of aliphatic carboxylic acids is 1. The Morgan fingerprint density at radius 2 is 1.52 bits per heavy atom. The van der Waals surface area contributed by atoms with Crippen LogP contribution < -0.4 is 5.32 Å². The molecule has 0 aromatic heterocycles. The molecule has 1 heterocycles. The lowest BCUT2D eigenvalue weighted by molar-refractivity contribution is -0.141. The molecule has 0 unspecified atom stereocenters. The van der Waals surface area contributed by atoms with Crippen molar-refractivity contribution in [3.8, 4) is 0 Å². The Balaban J connectivity index is 1.69. The first kappa shape index (κ1) is 38.0. The van der Waals surface area contributed by atoms with Crippen LogP contribution >= 0.6 is 0 Å². The number of nitrogens with one attached hydrogen (secondary N) is 1. The van der Waals surface area contributed by atoms with Crippen LogP contribution in [-0.2, 0) is 19.1 Å². The van der Waals surface area contributed by atoms with Gasteiger partial charge in [0.05, 0.1) is 17.9 Å². The molecule has 1 aliphatic rings. The second-order valence-electron chi connectivity index (χ2n) is 13.1. The molecule has 1 saturated heterocycles. The average molecular weight is 683 g/mol. The van der Waals surface area contributed by atoms with E-state index >= 15 is 0 Å². The first-order valence-corrected chi connectivity index (χ1v) is 17.7. The standard InChI is InChI=1S/C40H50N4O6/c1-5-7-23-43(24-8-6-2)26-35(45)41-33-22-16-15-21-31(33)37(30-19-13-10-14-20-30)42-38(39(47)48)32(28(3)4)25-36(46)44-34(27-50-40(44)49)29-17-11-9-12-18-29/h9-22,28,32,34,38H,5-8,23-27H2,1-4H3,(H,41,45)(H,47,48)/t32-,34+,38+/m1/s1. The summed E-state index contributed by atoms with van der Waals surface area (Å²) in [6.45, 7) is 9.88. The van der Waals surface area contributed by atoms with E-state index in [1.165, 1.54) is 0 Å². The third-order valence-corrected chi connectivity index (χ3v) is 9.05. The number of hydrogen-bond acceptors (Lipinski definition) is 7. The molecular formula is C40H50N4O6. The number of cyclic esters (lactones) is 1. The van der Waals surface area contributed by atoms with Gasteiger partial charge in [-0.1, -0.05) is 119 Å². The van der Waals surface area contributed by atoms with Crippen molar-refractivity contribution in [2.45, 2.75) is 71.9 Å². The van der Waals surface area contributed by atoms with E-state index in [9.17, 15) is 24.3 Å². The number of carbonyl (C=O) groups excluding carboxylic acids is 3. The normalized spacial score (nSPS) is 16.0. The zero-order chi connectivity index (χ0) is 36.0. The van der Waals surface area contributed by atoms with Crippen molar-refractivity contribution in [1.82, 2.24) is 9.80 Å². The lowest BCUT2D eigenvalue weighted by Gasteiger charge is -2.28. The van der Waals surface area contributed by atoms with E-state index in [0.717, 1.165) is 49.2 Å². The summed E-state index contributed by atoms with van der Waals surface area (Å²) in [5.41, 5.74) is 2.87. The maximum absolute atomic E-state index is 13.8. The summed E-state index contributed by atoms with van der Waals surface area (Å²) in [6.07, 6.45) is 3.09. The zero-order valence-corrected chi connectivity index (χ0v) is 29.6. The molecule has 3 aromatic rings. The minimum atomic E-state index is -1.34. The van der Waals surface area contributed by atoms with E-state index in [4.69, 9.17) is 9.73 Å². The number of ether oxygens (including phenoxy) is 1. The summed E-state index contributed by atoms with van der Waals surface area (Å²) in [5.74, 6) is -2.94. The molecule has 50 heavy (non-hydrogen) atoms. The maximum atomic E-state index is 13.8. The molecule has 2 N–H and O–H groups in total. The highest BCUT2D eigenvalue weighted by molar-refractivity contribution is 6.17. The van der Waals surface area contributed by atoms with E-state index in [1.54, 1.807) is 6.07 Å². The van der Waals surface area contributed by atoms with Gasteiger partial charge in [-0.05, 0) is 43.5 Å². The Bertz CT molecular complexity index is 1600. The third-order valence-electron chi connectivity index (χ3n) is 9.05. The number of unbranched alkanes of at least 4 members (excludes halogenated alkanes) is 2. The average Bonchev–Trinajstić information content (AvgIpc) is 3.51. The molecule has 4 rings (SSSR count). The van der Waals surface area contributed by atoms with Crippen molar-refractivity contribution in [3.63, 3.8) is 0 Å². The molecule has 1 aliphatic heterocycles. The lowest BCUT2D eigenvalue weighted by atomic mass is 9.84. The van der Waals surface area contributed by atoms with Gasteiger partial charge in [0.2, 0.25) is 11.8 Å². The minimum Gasteiger partial charge on any atom is -0.480 e. The SMILES string of the molecule is CCCCN(CCCC)CC(=O)Nc1ccccc1C(=N[C@H](C(=O)O)[C@H](CC(=O)N1C(=O)OC[C@H]1c1ccccc1)C(C)C)c1ccccc1. The Morgan fingerprint density at radius 1 is 0.920 bits per heavy atom. The Kier molecular flexibility index (Phi) is 14.3. The van der Waals surface area contributed by atoms with Crippen LogP contribution in [0.2, 0.25) is 0 Å². The van der Waals surface area contributed by atoms with Crippen molar-refractivity contribution in [3.05, 3.63) is 102 Å². The monoisotopic (exact) mass is 682 g/mol. The number of benzene rings is 3. The molecule has 3 atom stereocenters. The fourth-order valence-electron chi connectivity index (χ4n) is 6.22. The van der Waals surface area contributed by atoms with Crippen LogP contribution in [0.3, 0.4) is 0 Å². The third kappa shape index (κ3) is 10.1. The molecule has 0 saturated carbocycles. The van der Waals surface area contributed by atoms with Crippen LogP contribution in [0.5, 0.6) is 0 Å². The number of nitrogens with zero attached hydrogens (tertiary/aromatic N) is 3. The predicted molar refractivity (Wildman–Crippen MR) is 195 cm³/mol. The molecule has 3 amide bonds. The topological polar surface area (TPSA) is 129 Å². The second kappa shape index (κ2) is 18.8. The van der Waals surface area contributed by atoms with E-state index in [0.29, 0.717) is 22.5 Å².